The lowest BCUT2D eigenvalue weighted by Gasteiger charge is -2.17. The summed E-state index contributed by atoms with van der Waals surface area (Å²) in [4.78, 5) is 24.6. The van der Waals surface area contributed by atoms with Gasteiger partial charge < -0.3 is 19.7 Å². The van der Waals surface area contributed by atoms with Crippen molar-refractivity contribution in [1.29, 1.82) is 0 Å². The van der Waals surface area contributed by atoms with Crippen LogP contribution in [0.25, 0.3) is 11.0 Å². The molecule has 1 amide bonds. The Morgan fingerprint density at radius 3 is 2.62 bits per heavy atom. The Bertz CT molecular complexity index is 675. The molecule has 6 nitrogen and oxygen atoms in total. The number of fused-ring (bicyclic) bond motifs is 1. The van der Waals surface area contributed by atoms with Gasteiger partial charge in [0, 0.05) is 31.6 Å². The maximum atomic E-state index is 11.8. The third kappa shape index (κ3) is 3.05. The second kappa shape index (κ2) is 5.97. The number of benzene rings is 1. The summed E-state index contributed by atoms with van der Waals surface area (Å²) in [6, 6.07) is 6.73. The molecule has 1 heterocycles. The van der Waals surface area contributed by atoms with Crippen molar-refractivity contribution in [3.63, 3.8) is 0 Å². The predicted molar refractivity (Wildman–Crippen MR) is 78.2 cm³/mol. The number of carbonyl (C=O) groups excluding carboxylic acids is 1. The van der Waals surface area contributed by atoms with E-state index in [1.54, 1.807) is 39.2 Å². The molecule has 1 unspecified atom stereocenters. The van der Waals surface area contributed by atoms with Gasteiger partial charge in [0.15, 0.2) is 0 Å². The maximum absolute atomic E-state index is 11.8. The summed E-state index contributed by atoms with van der Waals surface area (Å²) in [5.41, 5.74) is 1.08. The molecule has 2 aromatic rings. The molecule has 6 heteroatoms. The Hall–Kier alpha value is -2.34. The van der Waals surface area contributed by atoms with Crippen molar-refractivity contribution in [2.24, 2.45) is 0 Å². The SMILES string of the molecule is CC(NCc1c(C(=O)O)oc2ccccc12)C(=O)N(C)C. The van der Waals surface area contributed by atoms with Gasteiger partial charge >= 0.3 is 5.97 Å². The van der Waals surface area contributed by atoms with Crippen molar-refractivity contribution in [2.45, 2.75) is 19.5 Å². The number of amides is 1. The number of hydrogen-bond donors (Lipinski definition) is 2. The number of furan rings is 1. The van der Waals surface area contributed by atoms with Crippen LogP contribution in [0.2, 0.25) is 0 Å². The average Bonchev–Trinajstić information content (AvgIpc) is 2.82. The van der Waals surface area contributed by atoms with Gasteiger partial charge in [-0.15, -0.1) is 0 Å². The number of carboxylic acids is 1. The summed E-state index contributed by atoms with van der Waals surface area (Å²) in [6.07, 6.45) is 0. The van der Waals surface area contributed by atoms with Gasteiger partial charge in [0.25, 0.3) is 0 Å². The zero-order valence-electron chi connectivity index (χ0n) is 12.2. The van der Waals surface area contributed by atoms with Gasteiger partial charge in [0.2, 0.25) is 11.7 Å². The van der Waals surface area contributed by atoms with Gasteiger partial charge in [-0.25, -0.2) is 4.79 Å². The molecule has 21 heavy (non-hydrogen) atoms. The van der Waals surface area contributed by atoms with E-state index < -0.39 is 12.0 Å². The van der Waals surface area contributed by atoms with Crippen LogP contribution in [0.3, 0.4) is 0 Å². The van der Waals surface area contributed by atoms with E-state index in [1.165, 1.54) is 4.90 Å². The van der Waals surface area contributed by atoms with E-state index in [2.05, 4.69) is 5.32 Å². The topological polar surface area (TPSA) is 82.8 Å². The van der Waals surface area contributed by atoms with E-state index in [0.29, 0.717) is 11.1 Å². The van der Waals surface area contributed by atoms with Crippen LogP contribution in [-0.4, -0.2) is 42.0 Å². The minimum Gasteiger partial charge on any atom is -0.475 e. The first-order valence-electron chi connectivity index (χ1n) is 6.60. The van der Waals surface area contributed by atoms with E-state index in [4.69, 9.17) is 4.42 Å². The summed E-state index contributed by atoms with van der Waals surface area (Å²) >= 11 is 0. The highest BCUT2D eigenvalue weighted by molar-refractivity contribution is 5.95. The van der Waals surface area contributed by atoms with Crippen LogP contribution in [0.4, 0.5) is 0 Å². The van der Waals surface area contributed by atoms with E-state index in [1.807, 2.05) is 6.07 Å². The number of hydrogen-bond acceptors (Lipinski definition) is 4. The van der Waals surface area contributed by atoms with Crippen molar-refractivity contribution in [1.82, 2.24) is 10.2 Å². The first-order chi connectivity index (χ1) is 9.91. The van der Waals surface area contributed by atoms with Crippen molar-refractivity contribution >= 4 is 22.8 Å². The zero-order valence-corrected chi connectivity index (χ0v) is 12.2. The molecule has 2 N–H and O–H groups in total. The minimum absolute atomic E-state index is 0.0697. The summed E-state index contributed by atoms with van der Waals surface area (Å²) in [5.74, 6) is -1.28. The van der Waals surface area contributed by atoms with E-state index in [9.17, 15) is 14.7 Å². The molecule has 2 rings (SSSR count). The molecule has 0 aliphatic rings. The lowest BCUT2D eigenvalue weighted by Crippen LogP contribution is -2.41. The van der Waals surface area contributed by atoms with Crippen LogP contribution in [-0.2, 0) is 11.3 Å². The first kappa shape index (κ1) is 15.1. The molecule has 112 valence electrons. The molecule has 1 aromatic carbocycles. The highest BCUT2D eigenvalue weighted by Crippen LogP contribution is 2.25. The van der Waals surface area contributed by atoms with E-state index >= 15 is 0 Å². The number of rotatable bonds is 5. The van der Waals surface area contributed by atoms with Crippen LogP contribution in [0.15, 0.2) is 28.7 Å². The number of para-hydroxylation sites is 1. The maximum Gasteiger partial charge on any atom is 0.372 e. The van der Waals surface area contributed by atoms with Gasteiger partial charge in [-0.1, -0.05) is 18.2 Å². The van der Waals surface area contributed by atoms with E-state index in [-0.39, 0.29) is 18.2 Å². The van der Waals surface area contributed by atoms with Gasteiger partial charge in [-0.3, -0.25) is 4.79 Å². The molecule has 0 aliphatic heterocycles. The third-order valence-electron chi connectivity index (χ3n) is 3.29. The molecule has 1 atom stereocenters. The molecule has 0 saturated carbocycles. The van der Waals surface area contributed by atoms with Gasteiger partial charge in [-0.2, -0.15) is 0 Å². The number of carbonyl (C=O) groups is 2. The van der Waals surface area contributed by atoms with Gasteiger partial charge in [0.1, 0.15) is 5.58 Å². The molecular formula is C15H18N2O4. The van der Waals surface area contributed by atoms with Gasteiger partial charge in [-0.05, 0) is 13.0 Å². The summed E-state index contributed by atoms with van der Waals surface area (Å²) in [7, 11) is 3.35. The fourth-order valence-corrected chi connectivity index (χ4v) is 2.18. The van der Waals surface area contributed by atoms with Crippen LogP contribution in [0, 0.1) is 0 Å². The summed E-state index contributed by atoms with van der Waals surface area (Å²) in [5, 5.41) is 13.0. The lowest BCUT2D eigenvalue weighted by molar-refractivity contribution is -0.130. The van der Waals surface area contributed by atoms with E-state index in [0.717, 1.165) is 5.39 Å². The standard InChI is InChI=1S/C15H18N2O4/c1-9(14(18)17(2)3)16-8-11-10-6-4-5-7-12(10)21-13(11)15(19)20/h4-7,9,16H,8H2,1-3H3,(H,19,20). The first-order valence-corrected chi connectivity index (χ1v) is 6.60. The van der Waals surface area contributed by atoms with Crippen LogP contribution < -0.4 is 5.32 Å². The average molecular weight is 290 g/mol. The molecule has 1 aromatic heterocycles. The fourth-order valence-electron chi connectivity index (χ4n) is 2.18. The Kier molecular flexibility index (Phi) is 4.28. The molecule has 0 aliphatic carbocycles. The Morgan fingerprint density at radius 2 is 2.00 bits per heavy atom. The number of nitrogens with one attached hydrogen (secondary N) is 1. The third-order valence-corrected chi connectivity index (χ3v) is 3.29. The summed E-state index contributed by atoms with van der Waals surface area (Å²) < 4.78 is 5.37. The van der Waals surface area contributed by atoms with Gasteiger partial charge in [0.05, 0.1) is 6.04 Å². The molecule has 0 spiro atoms. The monoisotopic (exact) mass is 290 g/mol. The quantitative estimate of drug-likeness (QED) is 0.875. The van der Waals surface area contributed by atoms with Crippen molar-refractivity contribution in [3.8, 4) is 0 Å². The number of aromatic carboxylic acids is 1. The second-order valence-electron chi connectivity index (χ2n) is 5.05. The highest BCUT2D eigenvalue weighted by atomic mass is 16.4. The van der Waals surface area contributed by atoms with Crippen molar-refractivity contribution in [3.05, 3.63) is 35.6 Å². The summed E-state index contributed by atoms with van der Waals surface area (Å²) in [6.45, 7) is 1.99. The lowest BCUT2D eigenvalue weighted by atomic mass is 10.1. The van der Waals surface area contributed by atoms with Crippen LogP contribution in [0.1, 0.15) is 23.0 Å². The van der Waals surface area contributed by atoms with Crippen molar-refractivity contribution in [2.75, 3.05) is 14.1 Å². The molecule has 0 bridgehead atoms. The molecule has 0 radical (unpaired) electrons. The smallest absolute Gasteiger partial charge is 0.372 e. The number of carboxylic acid groups (broad SMARTS) is 1. The Labute approximate surface area is 122 Å². The molecule has 0 saturated heterocycles. The largest absolute Gasteiger partial charge is 0.475 e. The Morgan fingerprint density at radius 1 is 1.33 bits per heavy atom. The van der Waals surface area contributed by atoms with Crippen LogP contribution >= 0.6 is 0 Å². The van der Waals surface area contributed by atoms with Crippen molar-refractivity contribution < 1.29 is 19.1 Å². The fraction of sp³-hybridized carbons (Fsp3) is 0.333. The second-order valence-corrected chi connectivity index (χ2v) is 5.05. The highest BCUT2D eigenvalue weighted by Gasteiger charge is 2.21. The van der Waals surface area contributed by atoms with Crippen LogP contribution in [0.5, 0.6) is 0 Å². The minimum atomic E-state index is -1.12. The number of likely N-dealkylation sites (N-methyl/N-ethyl adjacent to an activating group) is 1. The predicted octanol–water partition coefficient (Wildman–Crippen LogP) is 1.70. The Balaban J connectivity index is 2.27. The molecule has 0 fully saturated rings. The molecular weight excluding hydrogens is 272 g/mol. The normalized spacial score (nSPS) is 12.3. The number of nitrogens with zero attached hydrogens (tertiary/aromatic N) is 1. The zero-order chi connectivity index (χ0) is 15.6.